The second-order valence-corrected chi connectivity index (χ2v) is 6.13. The quantitative estimate of drug-likeness (QED) is 0.626. The second-order valence-electron chi connectivity index (χ2n) is 5.19. The molecule has 0 spiro atoms. The van der Waals surface area contributed by atoms with Gasteiger partial charge in [-0.15, -0.1) is 5.10 Å². The Bertz CT molecular complexity index is 879. The molecule has 0 aliphatic rings. The molecule has 25 heavy (non-hydrogen) atoms. The topological polar surface area (TPSA) is 88.1 Å². The lowest BCUT2D eigenvalue weighted by atomic mass is 10.1. The van der Waals surface area contributed by atoms with E-state index in [2.05, 4.69) is 15.2 Å². The zero-order valence-electron chi connectivity index (χ0n) is 13.6. The predicted molar refractivity (Wildman–Crippen MR) is 96.0 cm³/mol. The highest BCUT2D eigenvalue weighted by Crippen LogP contribution is 2.29. The number of carboxylic acid groups (broad SMARTS) is 1. The SMILES string of the molecule is CCOc1ccccc1-c1nc(SCc2cccc(C(=O)O)c2)n[nH]1. The van der Waals surface area contributed by atoms with E-state index < -0.39 is 5.97 Å². The molecular formula is C18H17N3O3S. The zero-order valence-corrected chi connectivity index (χ0v) is 14.4. The number of nitrogens with one attached hydrogen (secondary N) is 1. The van der Waals surface area contributed by atoms with Crippen LogP contribution in [0.3, 0.4) is 0 Å². The molecule has 0 unspecified atom stereocenters. The van der Waals surface area contributed by atoms with Crippen LogP contribution < -0.4 is 4.74 Å². The number of rotatable bonds is 7. The van der Waals surface area contributed by atoms with Gasteiger partial charge in [-0.05, 0) is 36.8 Å². The monoisotopic (exact) mass is 355 g/mol. The van der Waals surface area contributed by atoms with E-state index in [1.807, 2.05) is 37.3 Å². The number of carboxylic acids is 1. The van der Waals surface area contributed by atoms with Gasteiger partial charge in [-0.1, -0.05) is 36.0 Å². The average molecular weight is 355 g/mol. The van der Waals surface area contributed by atoms with Gasteiger partial charge in [0, 0.05) is 5.75 Å². The Morgan fingerprint density at radius 1 is 1.24 bits per heavy atom. The normalized spacial score (nSPS) is 10.6. The Morgan fingerprint density at radius 2 is 2.08 bits per heavy atom. The van der Waals surface area contributed by atoms with Crippen LogP contribution in [0.2, 0.25) is 0 Å². The van der Waals surface area contributed by atoms with Crippen LogP contribution in [0.25, 0.3) is 11.4 Å². The number of hydrogen-bond donors (Lipinski definition) is 2. The average Bonchev–Trinajstić information content (AvgIpc) is 3.10. The summed E-state index contributed by atoms with van der Waals surface area (Å²) < 4.78 is 5.62. The first-order chi connectivity index (χ1) is 12.2. The van der Waals surface area contributed by atoms with Crippen molar-refractivity contribution in [1.82, 2.24) is 15.2 Å². The number of H-pyrrole nitrogens is 1. The molecule has 3 aromatic rings. The highest BCUT2D eigenvalue weighted by atomic mass is 32.2. The van der Waals surface area contributed by atoms with Gasteiger partial charge in [0.2, 0.25) is 5.16 Å². The van der Waals surface area contributed by atoms with Crippen LogP contribution in [0.15, 0.2) is 53.7 Å². The molecule has 0 saturated carbocycles. The van der Waals surface area contributed by atoms with Crippen LogP contribution in [0.5, 0.6) is 5.75 Å². The third-order valence-corrected chi connectivity index (χ3v) is 4.37. The van der Waals surface area contributed by atoms with Gasteiger partial charge in [0.25, 0.3) is 0 Å². The third-order valence-electron chi connectivity index (χ3n) is 3.45. The molecule has 0 amide bonds. The summed E-state index contributed by atoms with van der Waals surface area (Å²) in [6.45, 7) is 2.51. The molecule has 3 rings (SSSR count). The van der Waals surface area contributed by atoms with E-state index in [4.69, 9.17) is 9.84 Å². The molecule has 6 nitrogen and oxygen atoms in total. The van der Waals surface area contributed by atoms with Gasteiger partial charge in [-0.3, -0.25) is 5.10 Å². The minimum Gasteiger partial charge on any atom is -0.493 e. The minimum atomic E-state index is -0.931. The highest BCUT2D eigenvalue weighted by Gasteiger charge is 2.11. The number of thioether (sulfide) groups is 1. The molecule has 0 atom stereocenters. The van der Waals surface area contributed by atoms with Crippen molar-refractivity contribution in [3.63, 3.8) is 0 Å². The fourth-order valence-corrected chi connectivity index (χ4v) is 3.06. The van der Waals surface area contributed by atoms with Crippen molar-refractivity contribution in [2.45, 2.75) is 17.8 Å². The van der Waals surface area contributed by atoms with Crippen LogP contribution in [-0.2, 0) is 5.75 Å². The Hall–Kier alpha value is -2.80. The molecule has 0 aliphatic carbocycles. The number of hydrogen-bond acceptors (Lipinski definition) is 5. The van der Waals surface area contributed by atoms with E-state index >= 15 is 0 Å². The lowest BCUT2D eigenvalue weighted by Crippen LogP contribution is -1.96. The van der Waals surface area contributed by atoms with E-state index in [-0.39, 0.29) is 5.56 Å². The maximum Gasteiger partial charge on any atom is 0.335 e. The van der Waals surface area contributed by atoms with Gasteiger partial charge in [0.15, 0.2) is 5.82 Å². The lowest BCUT2D eigenvalue weighted by molar-refractivity contribution is 0.0697. The Labute approximate surface area is 149 Å². The summed E-state index contributed by atoms with van der Waals surface area (Å²) in [6, 6.07) is 14.5. The summed E-state index contributed by atoms with van der Waals surface area (Å²) in [6.07, 6.45) is 0. The molecule has 1 heterocycles. The Kier molecular flexibility index (Phi) is 5.35. The largest absolute Gasteiger partial charge is 0.493 e. The van der Waals surface area contributed by atoms with Crippen molar-refractivity contribution in [1.29, 1.82) is 0 Å². The summed E-state index contributed by atoms with van der Waals surface area (Å²) in [5.74, 6) is 1.06. The van der Waals surface area contributed by atoms with Crippen LogP contribution in [-0.4, -0.2) is 32.9 Å². The summed E-state index contributed by atoms with van der Waals surface area (Å²) >= 11 is 1.44. The van der Waals surface area contributed by atoms with E-state index in [1.165, 1.54) is 11.8 Å². The summed E-state index contributed by atoms with van der Waals surface area (Å²) in [5, 5.41) is 16.8. The van der Waals surface area contributed by atoms with Crippen molar-refractivity contribution in [2.75, 3.05) is 6.61 Å². The van der Waals surface area contributed by atoms with Crippen molar-refractivity contribution in [3.8, 4) is 17.1 Å². The number of aromatic amines is 1. The number of ether oxygens (including phenoxy) is 1. The van der Waals surface area contributed by atoms with Crippen LogP contribution >= 0.6 is 11.8 Å². The Balaban J connectivity index is 1.72. The Morgan fingerprint density at radius 3 is 2.88 bits per heavy atom. The molecule has 2 N–H and O–H groups in total. The van der Waals surface area contributed by atoms with Crippen LogP contribution in [0.1, 0.15) is 22.8 Å². The second kappa shape index (κ2) is 7.85. The summed E-state index contributed by atoms with van der Waals surface area (Å²) in [4.78, 5) is 15.5. The maximum atomic E-state index is 11.0. The van der Waals surface area contributed by atoms with E-state index in [9.17, 15) is 4.79 Å². The molecule has 0 saturated heterocycles. The molecule has 128 valence electrons. The van der Waals surface area contributed by atoms with Gasteiger partial charge >= 0.3 is 5.97 Å². The number of benzene rings is 2. The van der Waals surface area contributed by atoms with Gasteiger partial charge in [-0.2, -0.15) is 0 Å². The molecule has 0 fully saturated rings. The van der Waals surface area contributed by atoms with Crippen molar-refractivity contribution < 1.29 is 14.6 Å². The highest BCUT2D eigenvalue weighted by molar-refractivity contribution is 7.98. The summed E-state index contributed by atoms with van der Waals surface area (Å²) in [7, 11) is 0. The van der Waals surface area contributed by atoms with Gasteiger partial charge in [-0.25, -0.2) is 9.78 Å². The fourth-order valence-electron chi connectivity index (χ4n) is 2.32. The first kappa shape index (κ1) is 17.0. The number of nitrogens with zero attached hydrogens (tertiary/aromatic N) is 2. The number of aromatic carboxylic acids is 1. The molecular weight excluding hydrogens is 338 g/mol. The zero-order chi connectivity index (χ0) is 17.6. The number of aromatic nitrogens is 3. The third kappa shape index (κ3) is 4.19. The molecule has 1 aromatic heterocycles. The fraction of sp³-hybridized carbons (Fsp3) is 0.167. The van der Waals surface area contributed by atoms with Crippen molar-refractivity contribution in [2.24, 2.45) is 0 Å². The smallest absolute Gasteiger partial charge is 0.335 e. The molecule has 0 bridgehead atoms. The first-order valence-electron chi connectivity index (χ1n) is 7.77. The molecule has 2 aromatic carbocycles. The first-order valence-corrected chi connectivity index (χ1v) is 8.75. The van der Waals surface area contributed by atoms with E-state index in [0.29, 0.717) is 23.3 Å². The van der Waals surface area contributed by atoms with Crippen LogP contribution in [0, 0.1) is 0 Å². The number of carbonyl (C=O) groups is 1. The lowest BCUT2D eigenvalue weighted by Gasteiger charge is -2.06. The standard InChI is InChI=1S/C18H17N3O3S/c1-2-24-15-9-4-3-8-14(15)16-19-18(21-20-16)25-11-12-6-5-7-13(10-12)17(22)23/h3-10H,2,11H2,1H3,(H,22,23)(H,19,20,21). The van der Waals surface area contributed by atoms with Gasteiger partial charge in [0.1, 0.15) is 5.75 Å². The van der Waals surface area contributed by atoms with Gasteiger partial charge in [0.05, 0.1) is 17.7 Å². The van der Waals surface area contributed by atoms with Crippen molar-refractivity contribution in [3.05, 3.63) is 59.7 Å². The predicted octanol–water partition coefficient (Wildman–Crippen LogP) is 3.86. The molecule has 7 heteroatoms. The minimum absolute atomic E-state index is 0.277. The molecule has 0 radical (unpaired) electrons. The number of para-hydroxylation sites is 1. The maximum absolute atomic E-state index is 11.0. The molecule has 0 aliphatic heterocycles. The van der Waals surface area contributed by atoms with Crippen LogP contribution in [0.4, 0.5) is 0 Å². The van der Waals surface area contributed by atoms with E-state index in [0.717, 1.165) is 16.9 Å². The summed E-state index contributed by atoms with van der Waals surface area (Å²) in [5.41, 5.74) is 2.04. The van der Waals surface area contributed by atoms with Gasteiger partial charge < -0.3 is 9.84 Å². The van der Waals surface area contributed by atoms with Crippen molar-refractivity contribution >= 4 is 17.7 Å². The van der Waals surface area contributed by atoms with E-state index in [1.54, 1.807) is 18.2 Å².